The van der Waals surface area contributed by atoms with E-state index in [0.29, 0.717) is 42.3 Å². The Kier molecular flexibility index (Phi) is 29.9. The quantitative estimate of drug-likeness (QED) is 0.0752. The Hall–Kier alpha value is -1.22. The van der Waals surface area contributed by atoms with Gasteiger partial charge in [0.05, 0.1) is 0 Å². The molecule has 0 aliphatic heterocycles. The summed E-state index contributed by atoms with van der Waals surface area (Å²) in [5.74, 6) is 2.12. The van der Waals surface area contributed by atoms with E-state index in [1.165, 1.54) is 122 Å². The summed E-state index contributed by atoms with van der Waals surface area (Å²) in [7, 11) is 0. The average Bonchev–Trinajstić information content (AvgIpc) is 3.02. The van der Waals surface area contributed by atoms with Crippen LogP contribution in [0.25, 0.3) is 0 Å². The molecule has 0 heterocycles. The molecule has 0 aromatic rings. The van der Waals surface area contributed by atoms with Crippen molar-refractivity contribution in [3.05, 3.63) is 24.8 Å². The number of rotatable bonds is 27. The predicted molar refractivity (Wildman–Crippen MR) is 191 cm³/mol. The molecule has 1 saturated carbocycles. The van der Waals surface area contributed by atoms with Crippen molar-refractivity contribution in [1.82, 2.24) is 5.32 Å². The molecule has 3 unspecified atom stereocenters. The van der Waals surface area contributed by atoms with E-state index in [1.807, 2.05) is 13.0 Å². The maximum absolute atomic E-state index is 12.0. The van der Waals surface area contributed by atoms with Gasteiger partial charge >= 0.3 is 0 Å². The topological polar surface area (TPSA) is 46.2 Å². The largest absolute Gasteiger partial charge is 0.314 e. The summed E-state index contributed by atoms with van der Waals surface area (Å²) in [5.41, 5.74) is 0. The maximum atomic E-state index is 12.0. The molecule has 43 heavy (non-hydrogen) atoms. The van der Waals surface area contributed by atoms with Crippen LogP contribution in [-0.4, -0.2) is 24.2 Å². The highest BCUT2D eigenvalue weighted by atomic mass is 16.1. The van der Waals surface area contributed by atoms with Crippen molar-refractivity contribution in [2.24, 2.45) is 17.8 Å². The molecule has 0 aromatic heterocycles. The molecule has 0 saturated heterocycles. The summed E-state index contributed by atoms with van der Waals surface area (Å²) in [6, 6.07) is 0.324. The van der Waals surface area contributed by atoms with Gasteiger partial charge in [0.1, 0.15) is 11.6 Å². The Morgan fingerprint density at radius 1 is 0.721 bits per heavy atom. The third-order valence-corrected chi connectivity index (χ3v) is 9.52. The number of hydrogen-bond donors (Lipinski definition) is 1. The highest BCUT2D eigenvalue weighted by molar-refractivity contribution is 5.81. The average molecular weight is 602 g/mol. The molecule has 3 nitrogen and oxygen atoms in total. The van der Waals surface area contributed by atoms with Crippen LogP contribution >= 0.6 is 0 Å². The highest BCUT2D eigenvalue weighted by Gasteiger charge is 2.27. The number of carbonyl (C=O) groups excluding carboxylic acids is 2. The molecule has 0 amide bonds. The van der Waals surface area contributed by atoms with Crippen LogP contribution in [0.1, 0.15) is 189 Å². The molecule has 1 fully saturated rings. The summed E-state index contributed by atoms with van der Waals surface area (Å²) >= 11 is 0. The first kappa shape index (κ1) is 41.8. The minimum Gasteiger partial charge on any atom is -0.314 e. The van der Waals surface area contributed by atoms with Crippen LogP contribution in [-0.2, 0) is 9.59 Å². The van der Waals surface area contributed by atoms with Crippen LogP contribution in [0.15, 0.2) is 24.8 Å². The zero-order chi connectivity index (χ0) is 32.0. The molecule has 0 aromatic carbocycles. The van der Waals surface area contributed by atoms with Crippen molar-refractivity contribution in [2.75, 3.05) is 6.54 Å². The molecule has 1 N–H and O–H groups in total. The fraction of sp³-hybridized carbons (Fsp3) is 0.850. The summed E-state index contributed by atoms with van der Waals surface area (Å²) in [5, 5.41) is 3.51. The zero-order valence-electron chi connectivity index (χ0n) is 29.7. The maximum Gasteiger partial charge on any atom is 0.137 e. The lowest BCUT2D eigenvalue weighted by Gasteiger charge is -2.28. The third kappa shape index (κ3) is 24.7. The van der Waals surface area contributed by atoms with Crippen molar-refractivity contribution in [3.8, 4) is 0 Å². The Morgan fingerprint density at radius 3 is 1.81 bits per heavy atom. The summed E-state index contributed by atoms with van der Waals surface area (Å²) in [6.45, 7) is 15.4. The Morgan fingerprint density at radius 2 is 1.28 bits per heavy atom. The fourth-order valence-corrected chi connectivity index (χ4v) is 6.31. The van der Waals surface area contributed by atoms with E-state index in [0.717, 1.165) is 25.8 Å². The van der Waals surface area contributed by atoms with Crippen LogP contribution in [0, 0.1) is 17.8 Å². The molecular formula is C40H75NO2. The second kappa shape index (κ2) is 30.8. The van der Waals surface area contributed by atoms with Crippen LogP contribution < -0.4 is 5.32 Å². The van der Waals surface area contributed by atoms with Gasteiger partial charge in [0.2, 0.25) is 0 Å². The molecular weight excluding hydrogens is 526 g/mol. The van der Waals surface area contributed by atoms with E-state index in [1.54, 1.807) is 0 Å². The number of allylic oxidation sites excluding steroid dienone is 3. The number of ketones is 2. The second-order valence-corrected chi connectivity index (χ2v) is 13.5. The Labute approximate surface area is 269 Å². The standard InChI is InChI=1S/C26H51NO.C14H24O/c1-5-7-8-9-10-11-12-13-14-15-16-17-18-19-20-21-22-27-25(4)23-26(28)24(3)6-2;1-3-5-11-14(15)13(4-2)12-9-7-6-8-10-12/h13-14,24-25,27H,5-12,15-23H2,1-4H3;3,12-13H,1,4-11H2,2H3. The molecule has 3 heteroatoms. The summed E-state index contributed by atoms with van der Waals surface area (Å²) in [4.78, 5) is 23.9. The zero-order valence-corrected chi connectivity index (χ0v) is 29.7. The Balaban J connectivity index is 0.000000981. The van der Waals surface area contributed by atoms with E-state index in [-0.39, 0.29) is 5.92 Å². The van der Waals surface area contributed by atoms with Crippen molar-refractivity contribution in [1.29, 1.82) is 0 Å². The highest BCUT2D eigenvalue weighted by Crippen LogP contribution is 2.33. The van der Waals surface area contributed by atoms with E-state index in [9.17, 15) is 9.59 Å². The van der Waals surface area contributed by atoms with Gasteiger partial charge in [-0.25, -0.2) is 0 Å². The Bertz CT molecular complexity index is 678. The van der Waals surface area contributed by atoms with Crippen LogP contribution in [0.4, 0.5) is 0 Å². The molecule has 3 atom stereocenters. The van der Waals surface area contributed by atoms with E-state index in [2.05, 4.69) is 51.7 Å². The number of carbonyl (C=O) groups is 2. The molecule has 0 spiro atoms. The molecule has 1 rings (SSSR count). The monoisotopic (exact) mass is 602 g/mol. The minimum atomic E-state index is 0.217. The van der Waals surface area contributed by atoms with Crippen molar-refractivity contribution in [3.63, 3.8) is 0 Å². The van der Waals surface area contributed by atoms with Gasteiger partial charge in [0, 0.05) is 30.7 Å². The normalized spacial score (nSPS) is 15.9. The number of hydrogen-bond acceptors (Lipinski definition) is 3. The van der Waals surface area contributed by atoms with Crippen molar-refractivity contribution < 1.29 is 9.59 Å². The smallest absolute Gasteiger partial charge is 0.137 e. The second-order valence-electron chi connectivity index (χ2n) is 13.5. The molecule has 1 aliphatic rings. The molecule has 0 bridgehead atoms. The predicted octanol–water partition coefficient (Wildman–Crippen LogP) is 12.1. The SMILES string of the molecule is C=CCCC(=O)C(CC)C1CCCCC1.CCCCCCCCC=CCCCCCCCCNC(C)CC(=O)C(C)CC. The summed E-state index contributed by atoms with van der Waals surface area (Å²) in [6.07, 6.45) is 36.4. The van der Waals surface area contributed by atoms with Gasteiger partial charge < -0.3 is 5.32 Å². The van der Waals surface area contributed by atoms with E-state index >= 15 is 0 Å². The first-order valence-corrected chi connectivity index (χ1v) is 19.0. The fourth-order valence-electron chi connectivity index (χ4n) is 6.31. The summed E-state index contributed by atoms with van der Waals surface area (Å²) < 4.78 is 0. The van der Waals surface area contributed by atoms with Crippen molar-refractivity contribution in [2.45, 2.75) is 195 Å². The van der Waals surface area contributed by atoms with Crippen LogP contribution in [0.3, 0.4) is 0 Å². The molecule has 1 aliphatic carbocycles. The van der Waals surface area contributed by atoms with Gasteiger partial charge in [-0.2, -0.15) is 0 Å². The van der Waals surface area contributed by atoms with E-state index in [4.69, 9.17) is 0 Å². The van der Waals surface area contributed by atoms with Gasteiger partial charge in [0.15, 0.2) is 0 Å². The number of Topliss-reactive ketones (excluding diaryl/α,β-unsaturated/α-hetero) is 2. The molecule has 252 valence electrons. The lowest BCUT2D eigenvalue weighted by molar-refractivity contribution is -0.125. The van der Waals surface area contributed by atoms with Crippen LogP contribution in [0.5, 0.6) is 0 Å². The van der Waals surface area contributed by atoms with E-state index < -0.39 is 0 Å². The lowest BCUT2D eigenvalue weighted by Crippen LogP contribution is -2.30. The van der Waals surface area contributed by atoms with Gasteiger partial charge in [-0.1, -0.05) is 123 Å². The number of nitrogens with one attached hydrogen (secondary N) is 1. The van der Waals surface area contributed by atoms with Gasteiger partial charge in [0.25, 0.3) is 0 Å². The first-order valence-electron chi connectivity index (χ1n) is 19.0. The lowest BCUT2D eigenvalue weighted by atomic mass is 9.76. The van der Waals surface area contributed by atoms with Gasteiger partial charge in [-0.15, -0.1) is 6.58 Å². The first-order chi connectivity index (χ1) is 20.9. The van der Waals surface area contributed by atoms with Crippen LogP contribution in [0.2, 0.25) is 0 Å². The van der Waals surface area contributed by atoms with Crippen molar-refractivity contribution >= 4 is 11.6 Å². The third-order valence-electron chi connectivity index (χ3n) is 9.52. The van der Waals surface area contributed by atoms with Gasteiger partial charge in [-0.3, -0.25) is 9.59 Å². The number of unbranched alkanes of at least 4 members (excludes halogenated alkanes) is 12. The minimum absolute atomic E-state index is 0.217. The molecule has 0 radical (unpaired) electrons. The van der Waals surface area contributed by atoms with Gasteiger partial charge in [-0.05, 0) is 83.6 Å².